The van der Waals surface area contributed by atoms with Crippen molar-refractivity contribution in [1.82, 2.24) is 4.90 Å². The molecule has 0 N–H and O–H groups in total. The number of nitrogens with zero attached hydrogens (tertiary/aromatic N) is 1. The van der Waals surface area contributed by atoms with E-state index in [1.807, 2.05) is 0 Å². The molecule has 1 atom stereocenters. The lowest BCUT2D eigenvalue weighted by Crippen LogP contribution is -2.54. The number of Topliss-reactive ketones (excluding diaryl/α,β-unsaturated/α-hetero) is 1. The van der Waals surface area contributed by atoms with Crippen LogP contribution in [-0.4, -0.2) is 42.0 Å². The summed E-state index contributed by atoms with van der Waals surface area (Å²) in [5.74, 6) is 0.430. The lowest BCUT2D eigenvalue weighted by molar-refractivity contribution is -0.126. The summed E-state index contributed by atoms with van der Waals surface area (Å²) >= 11 is 0. The van der Waals surface area contributed by atoms with E-state index in [2.05, 4.69) is 18.7 Å². The van der Waals surface area contributed by atoms with Crippen LogP contribution in [0, 0.1) is 0 Å². The number of piperidine rings is 1. The van der Waals surface area contributed by atoms with Crippen LogP contribution in [0.5, 0.6) is 0 Å². The number of hydrogen-bond acceptors (Lipinski definition) is 3. The number of rotatable bonds is 3. The second-order valence-electron chi connectivity index (χ2n) is 4.78. The van der Waals surface area contributed by atoms with E-state index in [0.717, 1.165) is 38.8 Å². The van der Waals surface area contributed by atoms with Gasteiger partial charge in [-0.1, -0.05) is 0 Å². The van der Waals surface area contributed by atoms with Gasteiger partial charge in [0.25, 0.3) is 0 Å². The Kier molecular flexibility index (Phi) is 3.42. The Balaban J connectivity index is 1.78. The number of carbonyl (C=O) groups is 1. The third-order valence-corrected chi connectivity index (χ3v) is 3.68. The summed E-state index contributed by atoms with van der Waals surface area (Å²) in [6.45, 7) is 6.01. The zero-order valence-corrected chi connectivity index (χ0v) is 9.74. The minimum atomic E-state index is 0.430. The molecule has 1 aliphatic heterocycles. The molecule has 1 heterocycles. The Morgan fingerprint density at radius 1 is 1.47 bits per heavy atom. The van der Waals surface area contributed by atoms with E-state index in [1.165, 1.54) is 0 Å². The molecule has 2 fully saturated rings. The van der Waals surface area contributed by atoms with Gasteiger partial charge < -0.3 is 4.74 Å². The van der Waals surface area contributed by atoms with E-state index >= 15 is 0 Å². The molecular weight excluding hydrogens is 190 g/mol. The van der Waals surface area contributed by atoms with Crippen LogP contribution in [0.15, 0.2) is 0 Å². The molecule has 1 saturated carbocycles. The Hall–Kier alpha value is -0.410. The Labute approximate surface area is 91.8 Å². The number of ether oxygens (including phenoxy) is 1. The highest BCUT2D eigenvalue weighted by Crippen LogP contribution is 2.31. The molecule has 2 rings (SSSR count). The molecule has 1 saturated heterocycles. The molecule has 0 aromatic heterocycles. The van der Waals surface area contributed by atoms with E-state index in [1.54, 1.807) is 0 Å². The standard InChI is InChI=1S/C12H21NO2/c1-3-15-12-7-10(8-12)13-5-4-11(14)6-9(13)2/h9-10,12H,3-8H2,1-2H3. The molecular formula is C12H21NO2. The molecule has 3 nitrogen and oxygen atoms in total. The minimum Gasteiger partial charge on any atom is -0.378 e. The van der Waals surface area contributed by atoms with E-state index in [-0.39, 0.29) is 0 Å². The van der Waals surface area contributed by atoms with E-state index in [0.29, 0.717) is 24.0 Å². The summed E-state index contributed by atoms with van der Waals surface area (Å²) in [7, 11) is 0. The number of hydrogen-bond donors (Lipinski definition) is 0. The Bertz CT molecular complexity index is 236. The third kappa shape index (κ3) is 2.40. The maximum Gasteiger partial charge on any atom is 0.135 e. The highest BCUT2D eigenvalue weighted by Gasteiger charge is 2.38. The summed E-state index contributed by atoms with van der Waals surface area (Å²) in [6, 6.07) is 1.11. The summed E-state index contributed by atoms with van der Waals surface area (Å²) in [5.41, 5.74) is 0. The molecule has 0 aromatic carbocycles. The highest BCUT2D eigenvalue weighted by atomic mass is 16.5. The predicted molar refractivity (Wildman–Crippen MR) is 58.8 cm³/mol. The minimum absolute atomic E-state index is 0.430. The molecule has 15 heavy (non-hydrogen) atoms. The zero-order valence-electron chi connectivity index (χ0n) is 9.74. The van der Waals surface area contributed by atoms with Crippen molar-refractivity contribution < 1.29 is 9.53 Å². The number of carbonyl (C=O) groups excluding carboxylic acids is 1. The van der Waals surface area contributed by atoms with Crippen molar-refractivity contribution in [1.29, 1.82) is 0 Å². The van der Waals surface area contributed by atoms with Crippen LogP contribution < -0.4 is 0 Å². The zero-order chi connectivity index (χ0) is 10.8. The van der Waals surface area contributed by atoms with Crippen LogP contribution in [0.4, 0.5) is 0 Å². The van der Waals surface area contributed by atoms with Gasteiger partial charge in [-0.05, 0) is 26.7 Å². The fourth-order valence-corrected chi connectivity index (χ4v) is 2.75. The van der Waals surface area contributed by atoms with Gasteiger partial charge in [-0.25, -0.2) is 0 Å². The van der Waals surface area contributed by atoms with Crippen molar-refractivity contribution in [2.24, 2.45) is 0 Å². The normalized spacial score (nSPS) is 37.7. The highest BCUT2D eigenvalue weighted by molar-refractivity contribution is 5.79. The molecule has 0 aromatic rings. The van der Waals surface area contributed by atoms with Gasteiger partial charge in [0.05, 0.1) is 6.10 Å². The average molecular weight is 211 g/mol. The van der Waals surface area contributed by atoms with Gasteiger partial charge in [-0.3, -0.25) is 9.69 Å². The van der Waals surface area contributed by atoms with Gasteiger partial charge >= 0.3 is 0 Å². The molecule has 1 unspecified atom stereocenters. The van der Waals surface area contributed by atoms with Gasteiger partial charge in [0.15, 0.2) is 0 Å². The largest absolute Gasteiger partial charge is 0.378 e. The first-order valence-electron chi connectivity index (χ1n) is 6.09. The maximum atomic E-state index is 11.3. The smallest absolute Gasteiger partial charge is 0.135 e. The van der Waals surface area contributed by atoms with Crippen molar-refractivity contribution in [2.75, 3.05) is 13.2 Å². The van der Waals surface area contributed by atoms with Crippen molar-refractivity contribution in [2.45, 2.75) is 57.7 Å². The fourth-order valence-electron chi connectivity index (χ4n) is 2.75. The fraction of sp³-hybridized carbons (Fsp3) is 0.917. The quantitative estimate of drug-likeness (QED) is 0.710. The third-order valence-electron chi connectivity index (χ3n) is 3.68. The topological polar surface area (TPSA) is 29.5 Å². The van der Waals surface area contributed by atoms with Crippen molar-refractivity contribution in [3.8, 4) is 0 Å². The average Bonchev–Trinajstić information content (AvgIpc) is 2.12. The first kappa shape index (κ1) is 11.1. The second-order valence-corrected chi connectivity index (χ2v) is 4.78. The van der Waals surface area contributed by atoms with Crippen LogP contribution in [0.2, 0.25) is 0 Å². The summed E-state index contributed by atoms with van der Waals surface area (Å²) in [5, 5.41) is 0. The molecule has 2 aliphatic rings. The molecule has 0 bridgehead atoms. The van der Waals surface area contributed by atoms with Crippen LogP contribution in [0.25, 0.3) is 0 Å². The van der Waals surface area contributed by atoms with Crippen molar-refractivity contribution >= 4 is 5.78 Å². The van der Waals surface area contributed by atoms with Gasteiger partial charge in [-0.15, -0.1) is 0 Å². The first-order chi connectivity index (χ1) is 7.20. The van der Waals surface area contributed by atoms with E-state index in [4.69, 9.17) is 4.74 Å². The molecule has 0 radical (unpaired) electrons. The van der Waals surface area contributed by atoms with Crippen LogP contribution in [0.3, 0.4) is 0 Å². The first-order valence-corrected chi connectivity index (χ1v) is 6.09. The van der Waals surface area contributed by atoms with Crippen LogP contribution >= 0.6 is 0 Å². The van der Waals surface area contributed by atoms with Gasteiger partial charge in [0.1, 0.15) is 5.78 Å². The predicted octanol–water partition coefficient (Wildman–Crippen LogP) is 1.61. The monoisotopic (exact) mass is 211 g/mol. The lowest BCUT2D eigenvalue weighted by atomic mass is 9.85. The number of likely N-dealkylation sites (tertiary alicyclic amines) is 1. The Morgan fingerprint density at radius 2 is 2.20 bits per heavy atom. The molecule has 86 valence electrons. The number of ketones is 1. The van der Waals surface area contributed by atoms with Crippen LogP contribution in [0.1, 0.15) is 39.5 Å². The van der Waals surface area contributed by atoms with Crippen molar-refractivity contribution in [3.63, 3.8) is 0 Å². The lowest BCUT2D eigenvalue weighted by Gasteiger charge is -2.46. The maximum absolute atomic E-state index is 11.3. The SMILES string of the molecule is CCOC1CC(N2CCC(=O)CC2C)C1. The van der Waals surface area contributed by atoms with Gasteiger partial charge in [0, 0.05) is 38.1 Å². The molecule has 1 aliphatic carbocycles. The summed E-state index contributed by atoms with van der Waals surface area (Å²) in [6.07, 6.45) is 4.29. The second kappa shape index (κ2) is 4.62. The van der Waals surface area contributed by atoms with E-state index in [9.17, 15) is 4.79 Å². The molecule has 0 spiro atoms. The van der Waals surface area contributed by atoms with E-state index < -0.39 is 0 Å². The summed E-state index contributed by atoms with van der Waals surface area (Å²) in [4.78, 5) is 13.8. The molecule has 0 amide bonds. The summed E-state index contributed by atoms with van der Waals surface area (Å²) < 4.78 is 5.56. The van der Waals surface area contributed by atoms with Crippen molar-refractivity contribution in [3.05, 3.63) is 0 Å². The Morgan fingerprint density at radius 3 is 2.80 bits per heavy atom. The van der Waals surface area contributed by atoms with Crippen LogP contribution in [-0.2, 0) is 9.53 Å². The molecule has 3 heteroatoms. The van der Waals surface area contributed by atoms with Gasteiger partial charge in [0.2, 0.25) is 0 Å². The van der Waals surface area contributed by atoms with Gasteiger partial charge in [-0.2, -0.15) is 0 Å².